The van der Waals surface area contributed by atoms with E-state index in [4.69, 9.17) is 0 Å². The summed E-state index contributed by atoms with van der Waals surface area (Å²) in [6.07, 6.45) is 6.38. The van der Waals surface area contributed by atoms with Crippen molar-refractivity contribution >= 4 is 5.91 Å². The number of nitrogens with one attached hydrogen (secondary N) is 1. The lowest BCUT2D eigenvalue weighted by molar-refractivity contribution is 0.0746. The van der Waals surface area contributed by atoms with Crippen LogP contribution in [0.4, 0.5) is 0 Å². The first-order valence-electron chi connectivity index (χ1n) is 6.18. The maximum Gasteiger partial charge on any atom is 0.259 e. The van der Waals surface area contributed by atoms with Crippen LogP contribution in [0.5, 0.6) is 0 Å². The second kappa shape index (κ2) is 5.17. The molecule has 1 aromatic heterocycles. The normalized spacial score (nSPS) is 14.6. The van der Waals surface area contributed by atoms with Crippen molar-refractivity contribution in [3.63, 3.8) is 0 Å². The Morgan fingerprint density at radius 2 is 2.29 bits per heavy atom. The Balaban J connectivity index is 2.14. The van der Waals surface area contributed by atoms with E-state index in [1.54, 1.807) is 6.20 Å². The Hall–Kier alpha value is -1.58. The monoisotopic (exact) mass is 234 g/mol. The van der Waals surface area contributed by atoms with Gasteiger partial charge in [-0.3, -0.25) is 9.59 Å². The molecule has 0 unspecified atom stereocenters. The van der Waals surface area contributed by atoms with E-state index in [1.807, 2.05) is 11.8 Å². The Kier molecular flexibility index (Phi) is 3.61. The molecule has 0 bridgehead atoms. The fourth-order valence-corrected chi connectivity index (χ4v) is 1.91. The van der Waals surface area contributed by atoms with Crippen molar-refractivity contribution in [2.75, 3.05) is 13.1 Å². The van der Waals surface area contributed by atoms with Gasteiger partial charge in [-0.15, -0.1) is 0 Å². The number of hydrogen-bond donors (Lipinski definition) is 1. The highest BCUT2D eigenvalue weighted by Crippen LogP contribution is 2.30. The SMILES string of the molecule is CCCN(CC1CC1)C(=O)c1c[nH]ccc1=O. The topological polar surface area (TPSA) is 53.2 Å². The number of aromatic nitrogens is 1. The van der Waals surface area contributed by atoms with Crippen molar-refractivity contribution in [2.24, 2.45) is 5.92 Å². The van der Waals surface area contributed by atoms with Gasteiger partial charge in [-0.25, -0.2) is 0 Å². The minimum atomic E-state index is -0.203. The summed E-state index contributed by atoms with van der Waals surface area (Å²) in [6, 6.07) is 1.40. The maximum absolute atomic E-state index is 12.2. The fraction of sp³-hybridized carbons (Fsp3) is 0.538. The third kappa shape index (κ3) is 2.96. The minimum absolute atomic E-state index is 0.138. The van der Waals surface area contributed by atoms with Gasteiger partial charge in [-0.05, 0) is 25.2 Å². The fourth-order valence-electron chi connectivity index (χ4n) is 1.91. The molecule has 1 aromatic rings. The highest BCUT2D eigenvalue weighted by atomic mass is 16.2. The number of H-pyrrole nitrogens is 1. The third-order valence-corrected chi connectivity index (χ3v) is 3.01. The van der Waals surface area contributed by atoms with Gasteiger partial charge < -0.3 is 9.88 Å². The summed E-state index contributed by atoms with van der Waals surface area (Å²) in [5.74, 6) is 0.508. The molecular formula is C13H18N2O2. The molecule has 0 spiro atoms. The molecule has 1 N–H and O–H groups in total. The predicted molar refractivity (Wildman–Crippen MR) is 66.0 cm³/mol. The molecule has 0 radical (unpaired) electrons. The summed E-state index contributed by atoms with van der Waals surface area (Å²) in [5.41, 5.74) is 0.0484. The van der Waals surface area contributed by atoms with Gasteiger partial charge in [0.1, 0.15) is 5.56 Å². The molecule has 4 heteroatoms. The molecular weight excluding hydrogens is 216 g/mol. The van der Waals surface area contributed by atoms with Crippen LogP contribution < -0.4 is 5.43 Å². The van der Waals surface area contributed by atoms with E-state index in [-0.39, 0.29) is 16.9 Å². The standard InChI is InChI=1S/C13H18N2O2/c1-2-7-15(9-10-3-4-10)13(17)11-8-14-6-5-12(11)16/h5-6,8,10H,2-4,7,9H2,1H3,(H,14,16). The van der Waals surface area contributed by atoms with Crippen molar-refractivity contribution < 1.29 is 4.79 Å². The van der Waals surface area contributed by atoms with Gasteiger partial charge in [-0.1, -0.05) is 6.92 Å². The summed E-state index contributed by atoms with van der Waals surface area (Å²) in [6.45, 7) is 3.56. The summed E-state index contributed by atoms with van der Waals surface area (Å²) < 4.78 is 0. The van der Waals surface area contributed by atoms with Crippen LogP contribution in [0.25, 0.3) is 0 Å². The van der Waals surface area contributed by atoms with Crippen molar-refractivity contribution in [1.29, 1.82) is 0 Å². The number of carbonyl (C=O) groups excluding carboxylic acids is 1. The van der Waals surface area contributed by atoms with E-state index in [0.29, 0.717) is 5.92 Å². The molecule has 4 nitrogen and oxygen atoms in total. The lowest BCUT2D eigenvalue weighted by Gasteiger charge is -2.21. The molecule has 2 rings (SSSR count). The third-order valence-electron chi connectivity index (χ3n) is 3.01. The predicted octanol–water partition coefficient (Wildman–Crippen LogP) is 1.64. The lowest BCUT2D eigenvalue weighted by Crippen LogP contribution is -2.36. The first-order valence-corrected chi connectivity index (χ1v) is 6.18. The van der Waals surface area contributed by atoms with Gasteiger partial charge in [0.15, 0.2) is 5.43 Å². The van der Waals surface area contributed by atoms with E-state index in [0.717, 1.165) is 19.5 Å². The zero-order chi connectivity index (χ0) is 12.3. The highest BCUT2D eigenvalue weighted by molar-refractivity contribution is 5.93. The van der Waals surface area contributed by atoms with Crippen LogP contribution in [0.2, 0.25) is 0 Å². The summed E-state index contributed by atoms with van der Waals surface area (Å²) in [7, 11) is 0. The molecule has 1 aliphatic carbocycles. The van der Waals surface area contributed by atoms with Crippen LogP contribution in [-0.4, -0.2) is 28.9 Å². The first kappa shape index (κ1) is 11.9. The van der Waals surface area contributed by atoms with Gasteiger partial charge >= 0.3 is 0 Å². The number of pyridine rings is 1. The van der Waals surface area contributed by atoms with E-state index < -0.39 is 0 Å². The zero-order valence-electron chi connectivity index (χ0n) is 10.1. The molecule has 1 saturated carbocycles. The molecule has 0 saturated heterocycles. The Morgan fingerprint density at radius 3 is 2.88 bits per heavy atom. The number of amides is 1. The van der Waals surface area contributed by atoms with Crippen LogP contribution in [0.15, 0.2) is 23.3 Å². The van der Waals surface area contributed by atoms with Crippen LogP contribution in [0, 0.1) is 5.92 Å². The van der Waals surface area contributed by atoms with E-state index in [1.165, 1.54) is 25.1 Å². The maximum atomic E-state index is 12.2. The molecule has 1 heterocycles. The minimum Gasteiger partial charge on any atom is -0.367 e. The largest absolute Gasteiger partial charge is 0.367 e. The van der Waals surface area contributed by atoms with E-state index >= 15 is 0 Å². The highest BCUT2D eigenvalue weighted by Gasteiger charge is 2.27. The molecule has 1 aliphatic rings. The van der Waals surface area contributed by atoms with Crippen molar-refractivity contribution in [2.45, 2.75) is 26.2 Å². The van der Waals surface area contributed by atoms with Crippen molar-refractivity contribution in [3.05, 3.63) is 34.2 Å². The average Bonchev–Trinajstić information content (AvgIpc) is 3.12. The number of aromatic amines is 1. The molecule has 0 aromatic carbocycles. The summed E-state index contributed by atoms with van der Waals surface area (Å²) in [4.78, 5) is 28.4. The molecule has 1 amide bonds. The van der Waals surface area contributed by atoms with Crippen LogP contribution in [-0.2, 0) is 0 Å². The van der Waals surface area contributed by atoms with Gasteiger partial charge in [0, 0.05) is 31.5 Å². The smallest absolute Gasteiger partial charge is 0.259 e. The van der Waals surface area contributed by atoms with Gasteiger partial charge in [0.25, 0.3) is 5.91 Å². The van der Waals surface area contributed by atoms with Crippen molar-refractivity contribution in [1.82, 2.24) is 9.88 Å². The molecule has 92 valence electrons. The zero-order valence-corrected chi connectivity index (χ0v) is 10.1. The second-order valence-corrected chi connectivity index (χ2v) is 4.62. The quantitative estimate of drug-likeness (QED) is 0.842. The lowest BCUT2D eigenvalue weighted by atomic mass is 10.2. The Morgan fingerprint density at radius 1 is 1.53 bits per heavy atom. The summed E-state index contributed by atoms with van der Waals surface area (Å²) in [5, 5.41) is 0. The molecule has 0 atom stereocenters. The number of rotatable bonds is 5. The van der Waals surface area contributed by atoms with Crippen LogP contribution >= 0.6 is 0 Å². The number of hydrogen-bond acceptors (Lipinski definition) is 2. The van der Waals surface area contributed by atoms with Crippen LogP contribution in [0.1, 0.15) is 36.5 Å². The molecule has 0 aliphatic heterocycles. The Labute approximate surface area is 101 Å². The van der Waals surface area contributed by atoms with Crippen molar-refractivity contribution in [3.8, 4) is 0 Å². The van der Waals surface area contributed by atoms with Gasteiger partial charge in [0.2, 0.25) is 0 Å². The first-order chi connectivity index (χ1) is 8.22. The van der Waals surface area contributed by atoms with E-state index in [2.05, 4.69) is 4.98 Å². The van der Waals surface area contributed by atoms with E-state index in [9.17, 15) is 9.59 Å². The second-order valence-electron chi connectivity index (χ2n) is 4.62. The van der Waals surface area contributed by atoms with Gasteiger partial charge in [0.05, 0.1) is 0 Å². The number of nitrogens with zero attached hydrogens (tertiary/aromatic N) is 1. The Bertz CT molecular complexity index is 449. The summed E-state index contributed by atoms with van der Waals surface area (Å²) >= 11 is 0. The van der Waals surface area contributed by atoms with Gasteiger partial charge in [-0.2, -0.15) is 0 Å². The molecule has 1 fully saturated rings. The average molecular weight is 234 g/mol. The van der Waals surface area contributed by atoms with Crippen LogP contribution in [0.3, 0.4) is 0 Å². The molecule has 17 heavy (non-hydrogen) atoms. The number of carbonyl (C=O) groups is 1.